The molecule has 0 radical (unpaired) electrons. The van der Waals surface area contributed by atoms with Gasteiger partial charge in [-0.1, -0.05) is 339 Å². The lowest BCUT2D eigenvalue weighted by Gasteiger charge is -2.46. The maximum Gasteiger partial charge on any atom is 0.252 e. The number of hydrogen-bond acceptors (Lipinski definition) is 2. The topological polar surface area (TPSA) is 11.4 Å². The van der Waals surface area contributed by atoms with Crippen LogP contribution in [0.2, 0.25) is 0 Å². The van der Waals surface area contributed by atoms with Crippen LogP contribution in [0.3, 0.4) is 0 Å². The van der Waals surface area contributed by atoms with Gasteiger partial charge in [0, 0.05) is 61.5 Å². The highest BCUT2D eigenvalue weighted by Gasteiger charge is 2.47. The molecule has 0 atom stereocenters. The second-order valence-corrected chi connectivity index (χ2v) is 31.1. The molecule has 0 saturated carbocycles. The zero-order chi connectivity index (χ0) is 81.0. The van der Waals surface area contributed by atoms with Crippen molar-refractivity contribution in [2.75, 3.05) is 9.80 Å². The van der Waals surface area contributed by atoms with E-state index >= 15 is 0 Å². The minimum atomic E-state index is -0.914. The quantitative estimate of drug-likeness (QED) is 0.111. The minimum absolute atomic E-state index is 0.0211. The van der Waals surface area contributed by atoms with Crippen LogP contribution in [0, 0.1) is 0 Å². The van der Waals surface area contributed by atoms with Gasteiger partial charge < -0.3 is 14.4 Å². The van der Waals surface area contributed by atoms with Crippen LogP contribution in [-0.2, 0) is 10.8 Å². The third kappa shape index (κ3) is 9.82. The van der Waals surface area contributed by atoms with Crippen molar-refractivity contribution >= 4 is 144 Å². The van der Waals surface area contributed by atoms with Gasteiger partial charge in [-0.05, 0) is 191 Å². The highest BCUT2D eigenvalue weighted by molar-refractivity contribution is 7.00. The normalized spacial score (nSPS) is 14.1. The van der Waals surface area contributed by atoms with E-state index in [0.29, 0.717) is 39.5 Å². The summed E-state index contributed by atoms with van der Waals surface area (Å²) in [6.07, 6.45) is 0. The number of nitrogens with zero attached hydrogens (tertiary/aromatic N) is 3. The highest BCUT2D eigenvalue weighted by atomic mass is 15.2. The fraction of sp³-hybridized carbons (Fsp3) is 0.0769. The molecule has 0 bridgehead atoms. The van der Waals surface area contributed by atoms with E-state index in [2.05, 4.69) is 324 Å². The summed E-state index contributed by atoms with van der Waals surface area (Å²) in [7, 11) is 0. The SMILES string of the molecule is [2H]c1c2c3c(c([2H])c1C(C)(C)C)N(c1c(-c4cccc5ccc6ccccc6c45)cccc1-c1cccc4ccc5ccccc5c14)c1cc(-n4c5c([2H])c([2H])c([2H])c([2H])c5c5c([2H])c([2H])c([2H])c([2H])c54)ccc1B3c1cc(-c3ccccc3)ccc1N2c1c(-c2ccccc2)cc(C(C)(C)C)cc1-c1cccc2ccc3ccccc3c12. The minimum Gasteiger partial charge on any atom is -0.310 e. The van der Waals surface area contributed by atoms with Gasteiger partial charge in [-0.2, -0.15) is 0 Å². The molecular weight excluding hydrogens is 1300 g/mol. The third-order valence-electron chi connectivity index (χ3n) is 22.7. The molecule has 0 saturated heterocycles. The van der Waals surface area contributed by atoms with Gasteiger partial charge in [-0.25, -0.2) is 0 Å². The van der Waals surface area contributed by atoms with Gasteiger partial charge in [0.15, 0.2) is 0 Å². The van der Waals surface area contributed by atoms with Gasteiger partial charge >= 0.3 is 0 Å². The molecule has 2 aliphatic rings. The second-order valence-electron chi connectivity index (χ2n) is 31.1. The van der Waals surface area contributed by atoms with Gasteiger partial charge in [-0.15, -0.1) is 0 Å². The monoisotopic (exact) mass is 1390 g/mol. The fourth-order valence-electron chi connectivity index (χ4n) is 17.7. The van der Waals surface area contributed by atoms with Crippen LogP contribution in [0.4, 0.5) is 34.1 Å². The van der Waals surface area contributed by atoms with Gasteiger partial charge in [-0.3, -0.25) is 0 Å². The number of benzene rings is 18. The summed E-state index contributed by atoms with van der Waals surface area (Å²) in [6, 6.07) is 100.0. The van der Waals surface area contributed by atoms with E-state index in [-0.39, 0.29) is 39.3 Å². The van der Waals surface area contributed by atoms with E-state index in [1.54, 1.807) is 4.57 Å². The van der Waals surface area contributed by atoms with E-state index < -0.39 is 60.5 Å². The number of aromatic nitrogens is 1. The largest absolute Gasteiger partial charge is 0.310 e. The van der Waals surface area contributed by atoms with Crippen molar-refractivity contribution in [2.24, 2.45) is 0 Å². The lowest BCUT2D eigenvalue weighted by Crippen LogP contribution is -2.61. The summed E-state index contributed by atoms with van der Waals surface area (Å²) < 4.78 is 102. The molecule has 0 N–H and O–H groups in total. The first-order valence-corrected chi connectivity index (χ1v) is 37.3. The summed E-state index contributed by atoms with van der Waals surface area (Å²) in [6.45, 7) is 12.4. The zero-order valence-corrected chi connectivity index (χ0v) is 60.6. The Bertz CT molecular complexity index is 7400. The van der Waals surface area contributed by atoms with E-state index in [1.165, 1.54) is 0 Å². The molecule has 0 amide bonds. The molecule has 0 fully saturated rings. The van der Waals surface area contributed by atoms with Crippen LogP contribution >= 0.6 is 0 Å². The number of para-hydroxylation sites is 3. The number of fused-ring (bicyclic) bond motifs is 16. The number of hydrogen-bond donors (Lipinski definition) is 0. The molecule has 510 valence electrons. The standard InChI is InChI=1S/C104H76BN3/c1-103(2,3)74-60-87(66-29-11-8-12-30-66)102(88(61-74)84-44-25-36-72-54-51-69-33-15-18-39-79(69)99(72)84)107-93-58-55-73(65-27-9-7-10-28-65)59-90(93)105-89-57-56-76(106-91-47-21-19-40-80(91)81-41-20-22-48-92(81)106)64-94(89)108(96-63-75(104(4,5)6)62-95(107)100(96)105)101-85(82-42-23-34-70-52-49-67-31-13-16-37-77(67)97(70)82)45-26-46-86(101)83-43-24-35-71-53-50-68-32-14-17-38-78(68)98(71)83/h7-64H,1-6H3/i19D,20D,21D,22D,40D,41D,47D,48D,62D,63D. The molecule has 2 aliphatic heterocycles. The Morgan fingerprint density at radius 3 is 1.24 bits per heavy atom. The lowest BCUT2D eigenvalue weighted by atomic mass is 9.33. The Labute approximate surface area is 644 Å². The summed E-state index contributed by atoms with van der Waals surface area (Å²) >= 11 is 0. The second kappa shape index (κ2) is 24.3. The van der Waals surface area contributed by atoms with Crippen LogP contribution in [0.15, 0.2) is 352 Å². The molecule has 18 aromatic carbocycles. The third-order valence-corrected chi connectivity index (χ3v) is 22.7. The van der Waals surface area contributed by atoms with Crippen molar-refractivity contribution in [2.45, 2.75) is 52.4 Å². The Morgan fingerprint density at radius 2 is 0.713 bits per heavy atom. The Morgan fingerprint density at radius 1 is 0.287 bits per heavy atom. The molecule has 0 aliphatic carbocycles. The van der Waals surface area contributed by atoms with Crippen molar-refractivity contribution in [3.8, 4) is 61.3 Å². The van der Waals surface area contributed by atoms with Gasteiger partial charge in [0.2, 0.25) is 0 Å². The van der Waals surface area contributed by atoms with E-state index in [9.17, 15) is 13.7 Å². The van der Waals surface area contributed by atoms with E-state index in [0.717, 1.165) is 148 Å². The first-order valence-electron chi connectivity index (χ1n) is 42.3. The highest BCUT2D eigenvalue weighted by Crippen LogP contribution is 2.57. The molecule has 108 heavy (non-hydrogen) atoms. The molecular formula is C104H76BN3. The average molecular weight is 1390 g/mol. The molecule has 4 heteroatoms. The van der Waals surface area contributed by atoms with Crippen molar-refractivity contribution in [3.05, 3.63) is 363 Å². The first-order chi connectivity index (χ1) is 57.0. The first kappa shape index (κ1) is 53.7. The summed E-state index contributed by atoms with van der Waals surface area (Å²) in [5.41, 5.74) is 16.3. The fourth-order valence-corrected chi connectivity index (χ4v) is 17.7. The van der Waals surface area contributed by atoms with Crippen molar-refractivity contribution in [3.63, 3.8) is 0 Å². The number of anilines is 6. The average Bonchev–Trinajstić information content (AvgIpc) is 0.696. The lowest BCUT2D eigenvalue weighted by molar-refractivity contribution is 0.590. The van der Waals surface area contributed by atoms with Gasteiger partial charge in [0.1, 0.15) is 0 Å². The van der Waals surface area contributed by atoms with Crippen molar-refractivity contribution < 1.29 is 13.7 Å². The van der Waals surface area contributed by atoms with Crippen molar-refractivity contribution in [1.29, 1.82) is 0 Å². The number of rotatable bonds is 8. The predicted molar refractivity (Wildman–Crippen MR) is 464 cm³/mol. The van der Waals surface area contributed by atoms with Gasteiger partial charge in [0.25, 0.3) is 6.71 Å². The maximum absolute atomic E-state index is 12.0. The van der Waals surface area contributed by atoms with E-state index in [4.69, 9.17) is 0 Å². The molecule has 3 heterocycles. The van der Waals surface area contributed by atoms with Crippen LogP contribution in [0.5, 0.6) is 0 Å². The van der Waals surface area contributed by atoms with Gasteiger partial charge in [0.05, 0.1) is 36.1 Å². The van der Waals surface area contributed by atoms with Crippen molar-refractivity contribution in [1.82, 2.24) is 4.57 Å². The van der Waals surface area contributed by atoms with Crippen LogP contribution in [0.1, 0.15) is 66.4 Å². The van der Waals surface area contributed by atoms with E-state index in [1.807, 2.05) is 18.2 Å². The zero-order valence-electron chi connectivity index (χ0n) is 70.6. The molecule has 0 unspecified atom stereocenters. The summed E-state index contributed by atoms with van der Waals surface area (Å²) in [4.78, 5) is 4.70. The van der Waals surface area contributed by atoms with Crippen LogP contribution in [-0.4, -0.2) is 11.3 Å². The summed E-state index contributed by atoms with van der Waals surface area (Å²) in [5, 5.41) is 12.5. The summed E-state index contributed by atoms with van der Waals surface area (Å²) in [5.74, 6) is 0. The van der Waals surface area contributed by atoms with Crippen LogP contribution in [0.25, 0.3) is 148 Å². The molecule has 3 nitrogen and oxygen atoms in total. The van der Waals surface area contributed by atoms with Crippen LogP contribution < -0.4 is 26.2 Å². The Balaban J connectivity index is 1.00. The molecule has 21 rings (SSSR count). The molecule has 19 aromatic rings. The smallest absolute Gasteiger partial charge is 0.252 e. The Kier molecular flexibility index (Phi) is 12.1. The molecule has 1 aromatic heterocycles. The predicted octanol–water partition coefficient (Wildman–Crippen LogP) is 26.7. The maximum atomic E-state index is 12.0. The Hall–Kier alpha value is -13.0. The molecule has 0 spiro atoms.